The molecule has 0 saturated heterocycles. The molecule has 1 fully saturated rings. The number of aliphatic imine (C=N–C) groups is 1. The first-order valence-electron chi connectivity index (χ1n) is 6.20. The Morgan fingerprint density at radius 1 is 1.59 bits per heavy atom. The van der Waals surface area contributed by atoms with E-state index in [1.54, 1.807) is 0 Å². The highest BCUT2D eigenvalue weighted by atomic mass is 16.4. The molecule has 0 atom stereocenters. The van der Waals surface area contributed by atoms with Gasteiger partial charge in [0.25, 0.3) is 0 Å². The van der Waals surface area contributed by atoms with Crippen LogP contribution in [-0.4, -0.2) is 17.0 Å². The zero-order valence-electron chi connectivity index (χ0n) is 10.5. The van der Waals surface area contributed by atoms with Crippen LogP contribution >= 0.6 is 0 Å². The van der Waals surface area contributed by atoms with E-state index in [0.29, 0.717) is 18.5 Å². The number of rotatable bonds is 5. The van der Waals surface area contributed by atoms with E-state index in [4.69, 9.17) is 10.2 Å². The number of hydrogen-bond donors (Lipinski definition) is 2. The zero-order chi connectivity index (χ0) is 12.3. The Balaban J connectivity index is 1.92. The van der Waals surface area contributed by atoms with Gasteiger partial charge in [0.1, 0.15) is 12.3 Å². The summed E-state index contributed by atoms with van der Waals surface area (Å²) in [6.07, 6.45) is 4.30. The molecule has 17 heavy (non-hydrogen) atoms. The summed E-state index contributed by atoms with van der Waals surface area (Å²) in [7, 11) is 0. The molecule has 1 aromatic heterocycles. The Morgan fingerprint density at radius 3 is 3.00 bits per heavy atom. The van der Waals surface area contributed by atoms with Gasteiger partial charge in [0.2, 0.25) is 0 Å². The number of aromatic nitrogens is 1. The fourth-order valence-electron chi connectivity index (χ4n) is 1.60. The summed E-state index contributed by atoms with van der Waals surface area (Å²) >= 11 is 0. The summed E-state index contributed by atoms with van der Waals surface area (Å²) in [6, 6.07) is 0.533. The van der Waals surface area contributed by atoms with Crippen molar-refractivity contribution >= 4 is 5.96 Å². The van der Waals surface area contributed by atoms with Crippen molar-refractivity contribution < 1.29 is 4.42 Å². The molecule has 1 saturated carbocycles. The van der Waals surface area contributed by atoms with E-state index in [0.717, 1.165) is 30.2 Å². The van der Waals surface area contributed by atoms with Gasteiger partial charge in [-0.25, -0.2) is 9.98 Å². The number of nitrogens with one attached hydrogen (secondary N) is 1. The molecule has 0 spiro atoms. The second-order valence-corrected chi connectivity index (χ2v) is 4.49. The van der Waals surface area contributed by atoms with E-state index >= 15 is 0 Å². The highest BCUT2D eigenvalue weighted by Crippen LogP contribution is 2.18. The molecule has 0 unspecified atom stereocenters. The maximum atomic E-state index is 5.75. The molecule has 0 aromatic carbocycles. The van der Waals surface area contributed by atoms with Crippen LogP contribution in [0.2, 0.25) is 0 Å². The topological polar surface area (TPSA) is 76.4 Å². The minimum atomic E-state index is 0.466. The number of nitrogens with two attached hydrogens (primary N) is 1. The molecule has 5 nitrogen and oxygen atoms in total. The van der Waals surface area contributed by atoms with Crippen LogP contribution in [0, 0.1) is 6.92 Å². The first-order chi connectivity index (χ1) is 8.19. The van der Waals surface area contributed by atoms with Crippen LogP contribution in [0.3, 0.4) is 0 Å². The lowest BCUT2D eigenvalue weighted by Gasteiger charge is -2.01. The van der Waals surface area contributed by atoms with Gasteiger partial charge in [-0.05, 0) is 26.2 Å². The lowest BCUT2D eigenvalue weighted by molar-refractivity contribution is 0.453. The third-order valence-corrected chi connectivity index (χ3v) is 2.72. The number of hydrogen-bond acceptors (Lipinski definition) is 3. The van der Waals surface area contributed by atoms with Crippen molar-refractivity contribution in [2.24, 2.45) is 10.7 Å². The molecule has 1 aliphatic rings. The predicted molar refractivity (Wildman–Crippen MR) is 66.7 cm³/mol. The Bertz CT molecular complexity index is 407. The Hall–Kier alpha value is -1.52. The Morgan fingerprint density at radius 2 is 2.35 bits per heavy atom. The number of oxazole rings is 1. The molecule has 2 rings (SSSR count). The van der Waals surface area contributed by atoms with Gasteiger partial charge in [0.15, 0.2) is 11.9 Å². The molecule has 1 aliphatic carbocycles. The molecule has 5 heteroatoms. The van der Waals surface area contributed by atoms with Crippen LogP contribution in [0.15, 0.2) is 9.41 Å². The van der Waals surface area contributed by atoms with E-state index in [1.165, 1.54) is 12.8 Å². The molecule has 0 bridgehead atoms. The minimum Gasteiger partial charge on any atom is -0.443 e. The molecule has 1 heterocycles. The minimum absolute atomic E-state index is 0.466. The number of guanidine groups is 1. The third-order valence-electron chi connectivity index (χ3n) is 2.72. The van der Waals surface area contributed by atoms with Crippen LogP contribution < -0.4 is 11.1 Å². The van der Waals surface area contributed by atoms with E-state index in [9.17, 15) is 0 Å². The lowest BCUT2D eigenvalue weighted by Crippen LogP contribution is -2.33. The maximum absolute atomic E-state index is 5.75. The van der Waals surface area contributed by atoms with E-state index in [2.05, 4.69) is 22.2 Å². The lowest BCUT2D eigenvalue weighted by atomic mass is 10.3. The summed E-state index contributed by atoms with van der Waals surface area (Å²) in [5, 5.41) is 3.14. The monoisotopic (exact) mass is 236 g/mol. The first-order valence-corrected chi connectivity index (χ1v) is 6.20. The quantitative estimate of drug-likeness (QED) is 0.600. The SMILES string of the molecule is CCCc1nc(C)c(CN=C(N)NC2CC2)o1. The number of nitrogens with zero attached hydrogens (tertiary/aromatic N) is 2. The van der Waals surface area contributed by atoms with Crippen molar-refractivity contribution in [3.63, 3.8) is 0 Å². The van der Waals surface area contributed by atoms with Crippen LogP contribution in [-0.2, 0) is 13.0 Å². The van der Waals surface area contributed by atoms with Crippen molar-refractivity contribution in [3.05, 3.63) is 17.3 Å². The molecule has 3 N–H and O–H groups in total. The van der Waals surface area contributed by atoms with Gasteiger partial charge in [-0.15, -0.1) is 0 Å². The first kappa shape index (κ1) is 12.0. The molecule has 94 valence electrons. The fraction of sp³-hybridized carbons (Fsp3) is 0.667. The summed E-state index contributed by atoms with van der Waals surface area (Å²) in [4.78, 5) is 8.61. The average Bonchev–Trinajstić information content (AvgIpc) is 3.01. The highest BCUT2D eigenvalue weighted by molar-refractivity contribution is 5.78. The van der Waals surface area contributed by atoms with E-state index in [-0.39, 0.29) is 0 Å². The van der Waals surface area contributed by atoms with Gasteiger partial charge in [-0.3, -0.25) is 0 Å². The molecule has 0 amide bonds. The second kappa shape index (κ2) is 5.21. The Kier molecular flexibility index (Phi) is 3.66. The summed E-state index contributed by atoms with van der Waals surface area (Å²) in [6.45, 7) is 4.51. The summed E-state index contributed by atoms with van der Waals surface area (Å²) in [5.74, 6) is 2.11. The van der Waals surface area contributed by atoms with Crippen LogP contribution in [0.5, 0.6) is 0 Å². The second-order valence-electron chi connectivity index (χ2n) is 4.49. The normalized spacial score (nSPS) is 16.2. The van der Waals surface area contributed by atoms with Crippen molar-refractivity contribution in [1.82, 2.24) is 10.3 Å². The molecular formula is C12H20N4O. The van der Waals surface area contributed by atoms with Crippen molar-refractivity contribution in [1.29, 1.82) is 0 Å². The fourth-order valence-corrected chi connectivity index (χ4v) is 1.60. The van der Waals surface area contributed by atoms with E-state index in [1.807, 2.05) is 6.92 Å². The largest absolute Gasteiger partial charge is 0.443 e. The van der Waals surface area contributed by atoms with Crippen molar-refractivity contribution in [2.45, 2.75) is 52.1 Å². The van der Waals surface area contributed by atoms with Gasteiger partial charge < -0.3 is 15.5 Å². The Labute approximate surface area is 102 Å². The average molecular weight is 236 g/mol. The van der Waals surface area contributed by atoms with E-state index < -0.39 is 0 Å². The van der Waals surface area contributed by atoms with Crippen molar-refractivity contribution in [2.75, 3.05) is 0 Å². The van der Waals surface area contributed by atoms with Gasteiger partial charge in [-0.2, -0.15) is 0 Å². The van der Waals surface area contributed by atoms with Gasteiger partial charge in [-0.1, -0.05) is 6.92 Å². The molecule has 0 aliphatic heterocycles. The van der Waals surface area contributed by atoms with Crippen molar-refractivity contribution in [3.8, 4) is 0 Å². The third kappa shape index (κ3) is 3.47. The summed E-state index contributed by atoms with van der Waals surface area (Å²) < 4.78 is 5.62. The van der Waals surface area contributed by atoms with Crippen LogP contribution in [0.4, 0.5) is 0 Å². The van der Waals surface area contributed by atoms with Crippen LogP contribution in [0.1, 0.15) is 43.5 Å². The zero-order valence-corrected chi connectivity index (χ0v) is 10.5. The van der Waals surface area contributed by atoms with Gasteiger partial charge in [0, 0.05) is 12.5 Å². The molecular weight excluding hydrogens is 216 g/mol. The maximum Gasteiger partial charge on any atom is 0.194 e. The highest BCUT2D eigenvalue weighted by Gasteiger charge is 2.21. The number of aryl methyl sites for hydroxylation is 2. The standard InChI is InChI=1S/C12H20N4O/c1-3-4-11-15-8(2)10(17-11)7-14-12(13)16-9-5-6-9/h9H,3-7H2,1-2H3,(H3,13,14,16). The predicted octanol–water partition coefficient (Wildman–Crippen LogP) is 1.50. The molecule has 0 radical (unpaired) electrons. The summed E-state index contributed by atoms with van der Waals surface area (Å²) in [5.41, 5.74) is 6.67. The van der Waals surface area contributed by atoms with Gasteiger partial charge in [0.05, 0.1) is 5.69 Å². The van der Waals surface area contributed by atoms with Crippen LogP contribution in [0.25, 0.3) is 0 Å². The molecule has 1 aromatic rings. The van der Waals surface area contributed by atoms with Gasteiger partial charge >= 0.3 is 0 Å². The smallest absolute Gasteiger partial charge is 0.194 e.